The van der Waals surface area contributed by atoms with Crippen LogP contribution in [0.15, 0.2) is 18.2 Å². The topological polar surface area (TPSA) is 46.5 Å². The molecule has 0 bridgehead atoms. The summed E-state index contributed by atoms with van der Waals surface area (Å²) in [4.78, 5) is 10.3. The molecule has 0 saturated carbocycles. The third kappa shape index (κ3) is 1.98. The molecule has 1 heterocycles. The van der Waals surface area contributed by atoms with Crippen LogP contribution in [0, 0.1) is 0 Å². The number of carboxylic acids is 1. The number of fused-ring (bicyclic) bond motifs is 1. The normalized spacial score (nSPS) is 14.4. The lowest BCUT2D eigenvalue weighted by Crippen LogP contribution is -2.30. The maximum absolute atomic E-state index is 13.0. The van der Waals surface area contributed by atoms with E-state index in [9.17, 15) is 13.6 Å². The molecule has 1 aromatic carbocycles. The van der Waals surface area contributed by atoms with Gasteiger partial charge in [-0.1, -0.05) is 12.1 Å². The van der Waals surface area contributed by atoms with Gasteiger partial charge in [-0.15, -0.1) is 0 Å². The molecule has 0 unspecified atom stereocenters. The monoisotopic (exact) mass is 228 g/mol. The molecule has 0 aromatic heterocycles. The Labute approximate surface area is 90.7 Å². The van der Waals surface area contributed by atoms with Gasteiger partial charge in [0, 0.05) is 12.8 Å². The molecule has 16 heavy (non-hydrogen) atoms. The average Bonchev–Trinajstić information content (AvgIpc) is 2.63. The standard InChI is InChI=1S/C11H10F2O3/c12-11(13,10(14)15)6-7-1-2-9-8(5-7)3-4-16-9/h1-2,5H,3-4,6H2,(H,14,15). The number of alkyl halides is 2. The fourth-order valence-electron chi connectivity index (χ4n) is 1.68. The molecule has 3 nitrogen and oxygen atoms in total. The van der Waals surface area contributed by atoms with E-state index in [4.69, 9.17) is 9.84 Å². The van der Waals surface area contributed by atoms with Crippen molar-refractivity contribution in [2.75, 3.05) is 6.61 Å². The summed E-state index contributed by atoms with van der Waals surface area (Å²) in [6, 6.07) is 4.66. The van der Waals surface area contributed by atoms with Crippen molar-refractivity contribution in [1.82, 2.24) is 0 Å². The molecule has 0 radical (unpaired) electrons. The Kier molecular flexibility index (Phi) is 2.53. The second-order valence-electron chi connectivity index (χ2n) is 3.73. The number of benzene rings is 1. The lowest BCUT2D eigenvalue weighted by atomic mass is 10.0. The smallest absolute Gasteiger partial charge is 0.374 e. The summed E-state index contributed by atoms with van der Waals surface area (Å²) in [5.74, 6) is -5.11. The van der Waals surface area contributed by atoms with Crippen LogP contribution in [0.25, 0.3) is 0 Å². The molecule has 5 heteroatoms. The first-order chi connectivity index (χ1) is 7.49. The molecule has 86 valence electrons. The Hall–Kier alpha value is -1.65. The predicted molar refractivity (Wildman–Crippen MR) is 51.9 cm³/mol. The lowest BCUT2D eigenvalue weighted by Gasteiger charge is -2.11. The molecule has 0 spiro atoms. The van der Waals surface area contributed by atoms with Crippen LogP contribution in [0.5, 0.6) is 5.75 Å². The largest absolute Gasteiger partial charge is 0.493 e. The first-order valence-corrected chi connectivity index (χ1v) is 4.85. The molecule has 0 saturated heterocycles. The number of hydrogen-bond donors (Lipinski definition) is 1. The first-order valence-electron chi connectivity index (χ1n) is 4.85. The molecule has 1 aliphatic rings. The van der Waals surface area contributed by atoms with Crippen molar-refractivity contribution < 1.29 is 23.4 Å². The molecule has 0 fully saturated rings. The van der Waals surface area contributed by atoms with Gasteiger partial charge in [-0.2, -0.15) is 8.78 Å². The van der Waals surface area contributed by atoms with Crippen LogP contribution in [-0.2, 0) is 17.6 Å². The van der Waals surface area contributed by atoms with Gasteiger partial charge in [0.15, 0.2) is 0 Å². The fraction of sp³-hybridized carbons (Fsp3) is 0.364. The van der Waals surface area contributed by atoms with Gasteiger partial charge in [-0.05, 0) is 17.2 Å². The van der Waals surface area contributed by atoms with Gasteiger partial charge in [-0.3, -0.25) is 0 Å². The Morgan fingerprint density at radius 1 is 1.50 bits per heavy atom. The van der Waals surface area contributed by atoms with Crippen molar-refractivity contribution in [1.29, 1.82) is 0 Å². The van der Waals surface area contributed by atoms with Crippen LogP contribution < -0.4 is 4.74 Å². The van der Waals surface area contributed by atoms with Crippen LogP contribution in [-0.4, -0.2) is 23.6 Å². The van der Waals surface area contributed by atoms with E-state index in [0.717, 1.165) is 5.56 Å². The van der Waals surface area contributed by atoms with Gasteiger partial charge in [-0.25, -0.2) is 4.79 Å². The number of ether oxygens (including phenoxy) is 1. The van der Waals surface area contributed by atoms with Gasteiger partial charge < -0.3 is 9.84 Å². The lowest BCUT2D eigenvalue weighted by molar-refractivity contribution is -0.164. The number of carbonyl (C=O) groups is 1. The minimum Gasteiger partial charge on any atom is -0.493 e. The maximum Gasteiger partial charge on any atom is 0.374 e. The molecule has 1 aliphatic heterocycles. The van der Waals surface area contributed by atoms with Crippen LogP contribution in [0.3, 0.4) is 0 Å². The number of halogens is 2. The highest BCUT2D eigenvalue weighted by Crippen LogP contribution is 2.28. The van der Waals surface area contributed by atoms with E-state index < -0.39 is 18.3 Å². The summed E-state index contributed by atoms with van der Waals surface area (Å²) in [6.07, 6.45) is -0.0998. The highest BCUT2D eigenvalue weighted by molar-refractivity contribution is 5.75. The van der Waals surface area contributed by atoms with E-state index in [-0.39, 0.29) is 0 Å². The SMILES string of the molecule is O=C(O)C(F)(F)Cc1ccc2c(c1)CCO2. The Balaban J connectivity index is 2.20. The number of rotatable bonds is 3. The molecule has 0 atom stereocenters. The Morgan fingerprint density at radius 3 is 2.94 bits per heavy atom. The second kappa shape index (κ2) is 3.73. The zero-order valence-corrected chi connectivity index (χ0v) is 8.37. The van der Waals surface area contributed by atoms with Gasteiger partial charge in [0.1, 0.15) is 5.75 Å². The zero-order valence-electron chi connectivity index (χ0n) is 8.37. The molecule has 1 aromatic rings. The number of hydrogen-bond acceptors (Lipinski definition) is 2. The van der Waals surface area contributed by atoms with E-state index in [2.05, 4.69) is 0 Å². The average molecular weight is 228 g/mol. The van der Waals surface area contributed by atoms with Crippen LogP contribution in [0.4, 0.5) is 8.78 Å². The van der Waals surface area contributed by atoms with Crippen LogP contribution >= 0.6 is 0 Å². The van der Waals surface area contributed by atoms with Gasteiger partial charge in [0.25, 0.3) is 0 Å². The van der Waals surface area contributed by atoms with Crippen molar-refractivity contribution >= 4 is 5.97 Å². The fourth-order valence-corrected chi connectivity index (χ4v) is 1.68. The van der Waals surface area contributed by atoms with Gasteiger partial charge >= 0.3 is 11.9 Å². The number of carboxylic acid groups (broad SMARTS) is 1. The van der Waals surface area contributed by atoms with Gasteiger partial charge in [0.05, 0.1) is 6.61 Å². The second-order valence-corrected chi connectivity index (χ2v) is 3.73. The Morgan fingerprint density at radius 2 is 2.25 bits per heavy atom. The van der Waals surface area contributed by atoms with E-state index in [0.29, 0.717) is 24.3 Å². The van der Waals surface area contributed by atoms with Crippen molar-refractivity contribution in [3.8, 4) is 5.75 Å². The summed E-state index contributed by atoms with van der Waals surface area (Å²) in [5.41, 5.74) is 1.18. The maximum atomic E-state index is 13.0. The van der Waals surface area contributed by atoms with Crippen molar-refractivity contribution in [2.24, 2.45) is 0 Å². The molecular formula is C11H10F2O3. The number of aliphatic carboxylic acids is 1. The highest BCUT2D eigenvalue weighted by atomic mass is 19.3. The minimum absolute atomic E-state index is 0.316. The predicted octanol–water partition coefficient (Wildman–Crippen LogP) is 1.88. The Bertz CT molecular complexity index is 429. The zero-order chi connectivity index (χ0) is 11.8. The molecule has 1 N–H and O–H groups in total. The molecule has 0 aliphatic carbocycles. The quantitative estimate of drug-likeness (QED) is 0.859. The summed E-state index contributed by atoms with van der Waals surface area (Å²) in [6.45, 7) is 0.550. The van der Waals surface area contributed by atoms with E-state index >= 15 is 0 Å². The first kappa shape index (κ1) is 10.9. The highest BCUT2D eigenvalue weighted by Gasteiger charge is 2.38. The van der Waals surface area contributed by atoms with Crippen molar-refractivity contribution in [3.63, 3.8) is 0 Å². The molecule has 0 amide bonds. The van der Waals surface area contributed by atoms with Crippen LogP contribution in [0.2, 0.25) is 0 Å². The third-order valence-electron chi connectivity index (χ3n) is 2.49. The van der Waals surface area contributed by atoms with Crippen molar-refractivity contribution in [3.05, 3.63) is 29.3 Å². The summed E-state index contributed by atoms with van der Waals surface area (Å²) in [5, 5.41) is 8.32. The van der Waals surface area contributed by atoms with E-state index in [1.54, 1.807) is 12.1 Å². The molecular weight excluding hydrogens is 218 g/mol. The summed E-state index contributed by atoms with van der Waals surface area (Å²) < 4.78 is 31.1. The van der Waals surface area contributed by atoms with Crippen molar-refractivity contribution in [2.45, 2.75) is 18.8 Å². The third-order valence-corrected chi connectivity index (χ3v) is 2.49. The van der Waals surface area contributed by atoms with E-state index in [1.165, 1.54) is 6.07 Å². The summed E-state index contributed by atoms with van der Waals surface area (Å²) in [7, 11) is 0. The summed E-state index contributed by atoms with van der Waals surface area (Å²) >= 11 is 0. The minimum atomic E-state index is -3.71. The van der Waals surface area contributed by atoms with Gasteiger partial charge in [0.2, 0.25) is 0 Å². The van der Waals surface area contributed by atoms with Crippen LogP contribution in [0.1, 0.15) is 11.1 Å². The molecule has 2 rings (SSSR count). The van der Waals surface area contributed by atoms with E-state index in [1.807, 2.05) is 0 Å².